The number of hydrogen-bond donors (Lipinski definition) is 1. The second-order valence-corrected chi connectivity index (χ2v) is 10.9. The molecule has 39 heavy (non-hydrogen) atoms. The van der Waals surface area contributed by atoms with Crippen LogP contribution in [-0.4, -0.2) is 21.2 Å². The first-order valence-corrected chi connectivity index (χ1v) is 13.2. The van der Waals surface area contributed by atoms with E-state index in [1.165, 1.54) is 18.5 Å². The lowest BCUT2D eigenvalue weighted by Gasteiger charge is -2.15. The van der Waals surface area contributed by atoms with E-state index in [-0.39, 0.29) is 24.0 Å². The summed E-state index contributed by atoms with van der Waals surface area (Å²) in [4.78, 5) is 15.4. The van der Waals surface area contributed by atoms with Crippen molar-refractivity contribution in [2.75, 3.05) is 0 Å². The van der Waals surface area contributed by atoms with Crippen LogP contribution in [0.3, 0.4) is 0 Å². The minimum absolute atomic E-state index is 0.0251. The van der Waals surface area contributed by atoms with Crippen molar-refractivity contribution in [3.8, 4) is 23.1 Å². The van der Waals surface area contributed by atoms with E-state index in [4.69, 9.17) is 44.1 Å². The van der Waals surface area contributed by atoms with Gasteiger partial charge < -0.3 is 14.4 Å². The lowest BCUT2D eigenvalue weighted by Crippen LogP contribution is -2.08. The predicted octanol–water partition coefficient (Wildman–Crippen LogP) is 8.05. The van der Waals surface area contributed by atoms with Crippen LogP contribution in [0.5, 0.6) is 5.75 Å². The van der Waals surface area contributed by atoms with Gasteiger partial charge in [0.05, 0.1) is 32.7 Å². The number of aromatic nitrogens is 2. The minimum Gasteiger partial charge on any atom is -0.489 e. The van der Waals surface area contributed by atoms with Crippen LogP contribution in [0.1, 0.15) is 64.9 Å². The lowest BCUT2D eigenvalue weighted by molar-refractivity contribution is 0.0696. The number of aromatic carboxylic acids is 1. The molecular weight excluding hydrogens is 561 g/mol. The average molecular weight is 583 g/mol. The van der Waals surface area contributed by atoms with Crippen molar-refractivity contribution in [3.63, 3.8) is 0 Å². The Labute approximate surface area is 239 Å². The Bertz CT molecular complexity index is 1610. The Morgan fingerprint density at radius 1 is 1.18 bits per heavy atom. The maximum Gasteiger partial charge on any atom is 0.335 e. The number of rotatable bonds is 8. The smallest absolute Gasteiger partial charge is 0.335 e. The highest BCUT2D eigenvalue weighted by atomic mass is 35.5. The van der Waals surface area contributed by atoms with Gasteiger partial charge >= 0.3 is 5.97 Å². The number of pyridine rings is 1. The van der Waals surface area contributed by atoms with Gasteiger partial charge in [-0.1, -0.05) is 72.0 Å². The van der Waals surface area contributed by atoms with Gasteiger partial charge in [0.2, 0.25) is 0 Å². The third-order valence-electron chi connectivity index (χ3n) is 6.93. The molecule has 198 valence electrons. The summed E-state index contributed by atoms with van der Waals surface area (Å²) in [5, 5.41) is 24.8. The maximum atomic E-state index is 11.4. The number of ether oxygens (including phenoxy) is 1. The largest absolute Gasteiger partial charge is 0.489 e. The van der Waals surface area contributed by atoms with Gasteiger partial charge in [0, 0.05) is 34.8 Å². The molecular formula is C29H22Cl3N3O4. The fourth-order valence-electron chi connectivity index (χ4n) is 4.89. The van der Waals surface area contributed by atoms with E-state index in [0.717, 1.165) is 5.56 Å². The van der Waals surface area contributed by atoms with Crippen molar-refractivity contribution in [2.24, 2.45) is 0 Å². The molecule has 1 aliphatic rings. The van der Waals surface area contributed by atoms with Gasteiger partial charge in [0.15, 0.2) is 0 Å². The molecule has 2 aromatic heterocycles. The Hall–Kier alpha value is -3.57. The molecule has 10 heteroatoms. The third kappa shape index (κ3) is 4.96. The highest BCUT2D eigenvalue weighted by Gasteiger charge is 2.57. The zero-order valence-electron chi connectivity index (χ0n) is 20.9. The monoisotopic (exact) mass is 581 g/mol. The topological polar surface area (TPSA) is 109 Å². The van der Waals surface area contributed by atoms with Crippen molar-refractivity contribution in [1.29, 1.82) is 5.26 Å². The molecule has 1 fully saturated rings. The number of nitrogens with zero attached hydrogens (tertiary/aromatic N) is 3. The maximum absolute atomic E-state index is 11.4. The fourth-order valence-corrected chi connectivity index (χ4v) is 5.77. The van der Waals surface area contributed by atoms with Crippen LogP contribution in [0.25, 0.3) is 11.3 Å². The van der Waals surface area contributed by atoms with Crippen molar-refractivity contribution in [1.82, 2.24) is 10.1 Å². The van der Waals surface area contributed by atoms with Gasteiger partial charge in [-0.05, 0) is 41.8 Å². The zero-order valence-corrected chi connectivity index (χ0v) is 23.2. The number of nitriles is 1. The van der Waals surface area contributed by atoms with Crippen molar-refractivity contribution in [3.05, 3.63) is 97.9 Å². The molecule has 0 amide bonds. The van der Waals surface area contributed by atoms with Crippen LogP contribution in [0.2, 0.25) is 15.1 Å². The van der Waals surface area contributed by atoms with E-state index < -0.39 is 11.4 Å². The first kappa shape index (κ1) is 27.0. The molecule has 5 rings (SSSR count). The molecule has 0 spiro atoms. The van der Waals surface area contributed by atoms with Crippen LogP contribution >= 0.6 is 34.8 Å². The first-order chi connectivity index (χ1) is 18.7. The summed E-state index contributed by atoms with van der Waals surface area (Å²) in [6, 6.07) is 14.3. The molecule has 7 nitrogen and oxygen atoms in total. The van der Waals surface area contributed by atoms with Gasteiger partial charge in [-0.15, -0.1) is 0 Å². The van der Waals surface area contributed by atoms with Gasteiger partial charge in [-0.2, -0.15) is 5.26 Å². The molecule has 0 radical (unpaired) electrons. The standard InChI is InChI=1S/C29H22Cl3N3O4/c1-15(2)27-19(26(35-39-27)25-23(31)11-34-12-24(25)32)13-38-18-6-7-20(22(30)9-18)29(14-33)10-21(29)16-4-3-5-17(8-16)28(36)37/h3-9,11-12,15,21H,10,13H2,1-2H3,(H,36,37). The number of carbonyl (C=O) groups is 1. The first-order valence-electron chi connectivity index (χ1n) is 12.1. The van der Waals surface area contributed by atoms with E-state index in [1.807, 2.05) is 19.9 Å². The number of carboxylic acid groups (broad SMARTS) is 1. The number of hydrogen-bond acceptors (Lipinski definition) is 6. The molecule has 1 N–H and O–H groups in total. The summed E-state index contributed by atoms with van der Waals surface area (Å²) in [6.07, 6.45) is 3.52. The molecule has 2 heterocycles. The summed E-state index contributed by atoms with van der Waals surface area (Å²) in [5.74, 6) is -0.00363. The Morgan fingerprint density at radius 2 is 1.92 bits per heavy atom. The Morgan fingerprint density at radius 3 is 2.56 bits per heavy atom. The number of halogens is 3. The molecule has 2 atom stereocenters. The van der Waals surface area contributed by atoms with Gasteiger partial charge in [-0.3, -0.25) is 4.98 Å². The molecule has 2 unspecified atom stereocenters. The molecule has 0 bridgehead atoms. The summed E-state index contributed by atoms with van der Waals surface area (Å²) >= 11 is 19.4. The second-order valence-electron chi connectivity index (χ2n) is 9.71. The summed E-state index contributed by atoms with van der Waals surface area (Å²) in [5.41, 5.74) is 2.51. The predicted molar refractivity (Wildman–Crippen MR) is 148 cm³/mol. The van der Waals surface area contributed by atoms with Gasteiger partial charge in [0.25, 0.3) is 0 Å². The minimum atomic E-state index is -1.01. The Kier molecular flexibility index (Phi) is 7.30. The molecule has 1 saturated carbocycles. The van der Waals surface area contributed by atoms with Gasteiger partial charge in [0.1, 0.15) is 23.8 Å². The summed E-state index contributed by atoms with van der Waals surface area (Å²) in [7, 11) is 0. The SMILES string of the molecule is CC(C)c1onc(-c2c(Cl)cncc2Cl)c1COc1ccc(C2(C#N)CC2c2cccc(C(=O)O)c2)c(Cl)c1. The third-order valence-corrected chi connectivity index (χ3v) is 7.82. The van der Waals surface area contributed by atoms with Crippen molar-refractivity contribution >= 4 is 40.8 Å². The summed E-state index contributed by atoms with van der Waals surface area (Å²) < 4.78 is 11.7. The van der Waals surface area contributed by atoms with E-state index in [2.05, 4.69) is 16.2 Å². The van der Waals surface area contributed by atoms with Crippen LogP contribution in [-0.2, 0) is 12.0 Å². The quantitative estimate of drug-likeness (QED) is 0.224. The highest BCUT2D eigenvalue weighted by Crippen LogP contribution is 2.61. The Balaban J connectivity index is 1.41. The van der Waals surface area contributed by atoms with Crippen LogP contribution < -0.4 is 4.74 Å². The molecule has 4 aromatic rings. The molecule has 0 saturated heterocycles. The number of carboxylic acids is 1. The lowest BCUT2D eigenvalue weighted by atomic mass is 9.91. The van der Waals surface area contributed by atoms with E-state index in [0.29, 0.717) is 55.4 Å². The highest BCUT2D eigenvalue weighted by molar-refractivity contribution is 6.38. The molecule has 2 aromatic carbocycles. The van der Waals surface area contributed by atoms with Crippen molar-refractivity contribution < 1.29 is 19.2 Å². The van der Waals surface area contributed by atoms with E-state index in [1.54, 1.807) is 30.3 Å². The van der Waals surface area contributed by atoms with Gasteiger partial charge in [-0.25, -0.2) is 4.79 Å². The van der Waals surface area contributed by atoms with E-state index >= 15 is 0 Å². The summed E-state index contributed by atoms with van der Waals surface area (Å²) in [6.45, 7) is 4.08. The average Bonchev–Trinajstić information content (AvgIpc) is 3.51. The number of benzene rings is 2. The van der Waals surface area contributed by atoms with Crippen LogP contribution in [0, 0.1) is 11.3 Å². The normalized spacial score (nSPS) is 18.1. The zero-order chi connectivity index (χ0) is 27.9. The second kappa shape index (κ2) is 10.5. The van der Waals surface area contributed by atoms with Crippen LogP contribution in [0.15, 0.2) is 59.4 Å². The molecule has 1 aliphatic carbocycles. The van der Waals surface area contributed by atoms with Crippen LogP contribution in [0.4, 0.5) is 0 Å². The van der Waals surface area contributed by atoms with E-state index in [9.17, 15) is 15.2 Å². The van der Waals surface area contributed by atoms with Crippen molar-refractivity contribution in [2.45, 2.75) is 44.1 Å². The molecule has 0 aliphatic heterocycles. The fraction of sp³-hybridized carbons (Fsp3) is 0.241.